The molecule has 0 radical (unpaired) electrons. The topological polar surface area (TPSA) is 46.2 Å². The van der Waals surface area contributed by atoms with E-state index in [1.54, 1.807) is 0 Å². The Bertz CT molecular complexity index is 246. The fraction of sp³-hybridized carbons (Fsp3) is 0.455. The summed E-state index contributed by atoms with van der Waals surface area (Å²) in [5.41, 5.74) is 7.91. The Morgan fingerprint density at radius 3 is 2.14 bits per heavy atom. The molecule has 3 N–H and O–H groups in total. The lowest BCUT2D eigenvalue weighted by atomic mass is 10.1. The zero-order valence-corrected chi connectivity index (χ0v) is 9.26. The second-order valence-corrected chi connectivity index (χ2v) is 3.49. The van der Waals surface area contributed by atoms with E-state index in [2.05, 4.69) is 0 Å². The molecule has 14 heavy (non-hydrogen) atoms. The largest absolute Gasteiger partial charge is 0.392 e. The van der Waals surface area contributed by atoms with Gasteiger partial charge in [0.1, 0.15) is 0 Å². The first-order valence-corrected chi connectivity index (χ1v) is 4.66. The molecule has 0 spiro atoms. The second kappa shape index (κ2) is 6.82. The van der Waals surface area contributed by atoms with Gasteiger partial charge in [-0.2, -0.15) is 0 Å². The Balaban J connectivity index is 0.00000169. The minimum atomic E-state index is 0. The number of halogens is 1. The molecule has 1 aromatic carbocycles. The lowest BCUT2D eigenvalue weighted by molar-refractivity contribution is 0.282. The molecule has 0 fully saturated rings. The molecule has 0 heterocycles. The molecule has 0 saturated heterocycles. The summed E-state index contributed by atoms with van der Waals surface area (Å²) in [6, 6.07) is 8.27. The van der Waals surface area contributed by atoms with Gasteiger partial charge in [-0.05, 0) is 30.9 Å². The van der Waals surface area contributed by atoms with Crippen LogP contribution in [0.1, 0.15) is 24.5 Å². The van der Waals surface area contributed by atoms with Gasteiger partial charge in [0, 0.05) is 6.04 Å². The van der Waals surface area contributed by atoms with E-state index in [0.29, 0.717) is 0 Å². The smallest absolute Gasteiger partial charge is 0.0681 e. The summed E-state index contributed by atoms with van der Waals surface area (Å²) in [6.07, 6.45) is 2.03. The average molecular weight is 216 g/mol. The van der Waals surface area contributed by atoms with Gasteiger partial charge in [-0.3, -0.25) is 0 Å². The van der Waals surface area contributed by atoms with Crippen molar-refractivity contribution in [3.63, 3.8) is 0 Å². The van der Waals surface area contributed by atoms with Crippen LogP contribution in [0.4, 0.5) is 0 Å². The van der Waals surface area contributed by atoms with Crippen molar-refractivity contribution in [1.29, 1.82) is 0 Å². The average Bonchev–Trinajstić information content (AvgIpc) is 2.15. The van der Waals surface area contributed by atoms with E-state index >= 15 is 0 Å². The van der Waals surface area contributed by atoms with E-state index in [4.69, 9.17) is 10.8 Å². The summed E-state index contributed by atoms with van der Waals surface area (Å²) in [7, 11) is 0. The summed E-state index contributed by atoms with van der Waals surface area (Å²) in [5.74, 6) is 0. The first-order valence-electron chi connectivity index (χ1n) is 4.66. The molecule has 3 heteroatoms. The Morgan fingerprint density at radius 1 is 1.21 bits per heavy atom. The number of nitrogens with two attached hydrogens (primary N) is 1. The number of aliphatic hydroxyl groups excluding tert-OH is 1. The van der Waals surface area contributed by atoms with Crippen LogP contribution in [0.5, 0.6) is 0 Å². The minimum Gasteiger partial charge on any atom is -0.392 e. The summed E-state index contributed by atoms with van der Waals surface area (Å²) < 4.78 is 0. The molecule has 0 aromatic heterocycles. The molecule has 0 amide bonds. The van der Waals surface area contributed by atoms with E-state index in [-0.39, 0.29) is 25.1 Å². The monoisotopic (exact) mass is 215 g/mol. The summed E-state index contributed by atoms with van der Waals surface area (Å²) in [4.78, 5) is 0. The first-order chi connectivity index (χ1) is 6.22. The maximum atomic E-state index is 8.83. The normalized spacial score (nSPS) is 11.9. The summed E-state index contributed by atoms with van der Waals surface area (Å²) in [6.45, 7) is 2.13. The molecular weight excluding hydrogens is 198 g/mol. The van der Waals surface area contributed by atoms with Gasteiger partial charge in [-0.25, -0.2) is 0 Å². The number of rotatable bonds is 4. The van der Waals surface area contributed by atoms with Gasteiger partial charge in [-0.1, -0.05) is 24.3 Å². The molecule has 0 aliphatic heterocycles. The van der Waals surface area contributed by atoms with Crippen LogP contribution in [0.3, 0.4) is 0 Å². The molecule has 0 saturated carbocycles. The van der Waals surface area contributed by atoms with Crippen molar-refractivity contribution in [3.8, 4) is 0 Å². The molecule has 1 unspecified atom stereocenters. The molecule has 1 rings (SSSR count). The van der Waals surface area contributed by atoms with Crippen LogP contribution in [0, 0.1) is 0 Å². The lowest BCUT2D eigenvalue weighted by Gasteiger charge is -2.05. The number of hydrogen-bond acceptors (Lipinski definition) is 2. The van der Waals surface area contributed by atoms with Gasteiger partial charge in [-0.15, -0.1) is 12.4 Å². The van der Waals surface area contributed by atoms with E-state index in [9.17, 15) is 0 Å². The van der Waals surface area contributed by atoms with Crippen molar-refractivity contribution in [2.45, 2.75) is 32.4 Å². The van der Waals surface area contributed by atoms with Crippen molar-refractivity contribution in [3.05, 3.63) is 35.4 Å². The fourth-order valence-corrected chi connectivity index (χ4v) is 1.21. The van der Waals surface area contributed by atoms with Gasteiger partial charge < -0.3 is 10.8 Å². The van der Waals surface area contributed by atoms with Crippen LogP contribution in [-0.2, 0) is 13.0 Å². The Kier molecular flexibility index (Phi) is 6.54. The lowest BCUT2D eigenvalue weighted by Crippen LogP contribution is -2.15. The minimum absolute atomic E-state index is 0. The second-order valence-electron chi connectivity index (χ2n) is 3.49. The first kappa shape index (κ1) is 13.4. The number of benzene rings is 1. The fourth-order valence-electron chi connectivity index (χ4n) is 1.21. The van der Waals surface area contributed by atoms with Gasteiger partial charge >= 0.3 is 0 Å². The third kappa shape index (κ3) is 4.61. The third-order valence-electron chi connectivity index (χ3n) is 2.09. The molecule has 80 valence electrons. The van der Waals surface area contributed by atoms with Crippen LogP contribution in [0.25, 0.3) is 0 Å². The van der Waals surface area contributed by atoms with Gasteiger partial charge in [0.05, 0.1) is 6.61 Å². The van der Waals surface area contributed by atoms with Crippen molar-refractivity contribution in [1.82, 2.24) is 0 Å². The molecule has 1 atom stereocenters. The van der Waals surface area contributed by atoms with Crippen LogP contribution in [-0.4, -0.2) is 11.1 Å². The van der Waals surface area contributed by atoms with Gasteiger partial charge in [0.15, 0.2) is 0 Å². The van der Waals surface area contributed by atoms with Crippen LogP contribution in [0.2, 0.25) is 0 Å². The molecule has 2 nitrogen and oxygen atoms in total. The molecule has 0 bridgehead atoms. The van der Waals surface area contributed by atoms with Crippen LogP contribution >= 0.6 is 12.4 Å². The van der Waals surface area contributed by atoms with Crippen molar-refractivity contribution < 1.29 is 5.11 Å². The van der Waals surface area contributed by atoms with Crippen molar-refractivity contribution in [2.24, 2.45) is 5.73 Å². The zero-order valence-electron chi connectivity index (χ0n) is 8.44. The highest BCUT2D eigenvalue weighted by atomic mass is 35.5. The predicted octanol–water partition coefficient (Wildman–Crippen LogP) is 1.88. The molecular formula is C11H18ClNO. The molecule has 0 aliphatic rings. The quantitative estimate of drug-likeness (QED) is 0.806. The SMILES string of the molecule is CC(N)CCc1ccc(CO)cc1.Cl. The Hall–Kier alpha value is -0.570. The highest BCUT2D eigenvalue weighted by molar-refractivity contribution is 5.85. The Morgan fingerprint density at radius 2 is 1.71 bits per heavy atom. The highest BCUT2D eigenvalue weighted by Gasteiger charge is 1.96. The molecule has 1 aromatic rings. The third-order valence-corrected chi connectivity index (χ3v) is 2.09. The van der Waals surface area contributed by atoms with Crippen molar-refractivity contribution >= 4 is 12.4 Å². The van der Waals surface area contributed by atoms with E-state index in [0.717, 1.165) is 18.4 Å². The summed E-state index contributed by atoms with van der Waals surface area (Å²) >= 11 is 0. The van der Waals surface area contributed by atoms with E-state index < -0.39 is 0 Å². The number of aliphatic hydroxyl groups is 1. The van der Waals surface area contributed by atoms with Gasteiger partial charge in [0.25, 0.3) is 0 Å². The van der Waals surface area contributed by atoms with Crippen LogP contribution in [0.15, 0.2) is 24.3 Å². The predicted molar refractivity (Wildman–Crippen MR) is 61.6 cm³/mol. The van der Waals surface area contributed by atoms with Crippen LogP contribution < -0.4 is 5.73 Å². The highest BCUT2D eigenvalue weighted by Crippen LogP contribution is 2.07. The number of hydrogen-bond donors (Lipinski definition) is 2. The summed E-state index contributed by atoms with van der Waals surface area (Å²) in [5, 5.41) is 8.83. The van der Waals surface area contributed by atoms with E-state index in [1.165, 1.54) is 5.56 Å². The zero-order chi connectivity index (χ0) is 9.68. The standard InChI is InChI=1S/C11H17NO.ClH/c1-9(12)2-3-10-4-6-11(8-13)7-5-10;/h4-7,9,13H,2-3,8,12H2,1H3;1H. The molecule has 0 aliphatic carbocycles. The van der Waals surface area contributed by atoms with Gasteiger partial charge in [0.2, 0.25) is 0 Å². The number of aryl methyl sites for hydroxylation is 1. The van der Waals surface area contributed by atoms with Crippen molar-refractivity contribution in [2.75, 3.05) is 0 Å². The maximum absolute atomic E-state index is 8.83. The maximum Gasteiger partial charge on any atom is 0.0681 e. The van der Waals surface area contributed by atoms with E-state index in [1.807, 2.05) is 31.2 Å². The Labute approximate surface area is 91.5 Å².